The van der Waals surface area contributed by atoms with Gasteiger partial charge in [0.2, 0.25) is 0 Å². The van der Waals surface area contributed by atoms with E-state index < -0.39 is 6.61 Å². The third-order valence-corrected chi connectivity index (χ3v) is 5.75. The number of nitrogens with zero attached hydrogens (tertiary/aromatic N) is 3. The second-order valence-corrected chi connectivity index (χ2v) is 8.11. The van der Waals surface area contributed by atoms with E-state index in [2.05, 4.69) is 25.2 Å². The number of aliphatic imine (C=N–C) groups is 1. The Bertz CT molecular complexity index is 705. The van der Waals surface area contributed by atoms with Crippen molar-refractivity contribution < 1.29 is 18.6 Å². The van der Waals surface area contributed by atoms with Gasteiger partial charge in [0.15, 0.2) is 5.96 Å². The molecule has 1 aromatic carbocycles. The van der Waals surface area contributed by atoms with Crippen LogP contribution in [0.3, 0.4) is 0 Å². The molecule has 3 rings (SSSR count). The first-order valence-electron chi connectivity index (χ1n) is 11.3. The average molecular weight is 567 g/mol. The van der Waals surface area contributed by atoms with E-state index in [1.54, 1.807) is 12.1 Å². The zero-order chi connectivity index (χ0) is 22.1. The number of likely N-dealkylation sites (tertiary alicyclic amines) is 1. The van der Waals surface area contributed by atoms with Crippen LogP contribution in [0.4, 0.5) is 14.5 Å². The number of hydrogen-bond donors (Lipinski definition) is 3. The van der Waals surface area contributed by atoms with Crippen LogP contribution in [-0.4, -0.2) is 80.5 Å². The van der Waals surface area contributed by atoms with E-state index >= 15 is 0 Å². The van der Waals surface area contributed by atoms with E-state index in [1.807, 2.05) is 19.1 Å². The summed E-state index contributed by atoms with van der Waals surface area (Å²) in [5, 5.41) is 16.4. The van der Waals surface area contributed by atoms with E-state index in [0.29, 0.717) is 12.2 Å². The molecule has 1 aromatic rings. The molecule has 0 aliphatic carbocycles. The van der Waals surface area contributed by atoms with Crippen molar-refractivity contribution >= 4 is 35.6 Å². The van der Waals surface area contributed by atoms with Crippen molar-refractivity contribution in [1.29, 1.82) is 0 Å². The number of alkyl halides is 2. The van der Waals surface area contributed by atoms with Crippen LogP contribution in [0.15, 0.2) is 29.3 Å². The summed E-state index contributed by atoms with van der Waals surface area (Å²) < 4.78 is 30.1. The maximum atomic E-state index is 12.7. The van der Waals surface area contributed by atoms with Gasteiger partial charge in [0.25, 0.3) is 0 Å². The molecule has 0 saturated carbocycles. The first-order valence-corrected chi connectivity index (χ1v) is 11.3. The minimum Gasteiger partial charge on any atom is -0.433 e. The van der Waals surface area contributed by atoms with Gasteiger partial charge in [-0.05, 0) is 51.3 Å². The number of ether oxygens (including phenoxy) is 1. The highest BCUT2D eigenvalue weighted by Crippen LogP contribution is 2.31. The third kappa shape index (κ3) is 8.51. The molecule has 2 aliphatic heterocycles. The maximum Gasteiger partial charge on any atom is 0.387 e. The van der Waals surface area contributed by atoms with Crippen molar-refractivity contribution in [2.24, 2.45) is 4.99 Å². The Morgan fingerprint density at radius 2 is 1.97 bits per heavy atom. The summed E-state index contributed by atoms with van der Waals surface area (Å²) in [5.41, 5.74) is 0.695. The van der Waals surface area contributed by atoms with Crippen LogP contribution in [0, 0.1) is 0 Å². The molecule has 32 heavy (non-hydrogen) atoms. The normalized spacial score (nSPS) is 20.3. The summed E-state index contributed by atoms with van der Waals surface area (Å²) in [6, 6.07) is 7.12. The number of rotatable bonds is 9. The maximum absolute atomic E-state index is 12.7. The fourth-order valence-electron chi connectivity index (χ4n) is 4.15. The Labute approximate surface area is 206 Å². The fourth-order valence-corrected chi connectivity index (χ4v) is 4.15. The monoisotopic (exact) mass is 567 g/mol. The molecule has 2 fully saturated rings. The molecule has 1 atom stereocenters. The Morgan fingerprint density at radius 3 is 2.69 bits per heavy atom. The smallest absolute Gasteiger partial charge is 0.387 e. The number of para-hydroxylation sites is 2. The summed E-state index contributed by atoms with van der Waals surface area (Å²) >= 11 is 0. The summed E-state index contributed by atoms with van der Waals surface area (Å²) in [6.07, 6.45) is 3.44. The Hall–Kier alpha value is -1.40. The summed E-state index contributed by atoms with van der Waals surface area (Å²) in [5.74, 6) is 1.00. The van der Waals surface area contributed by atoms with Gasteiger partial charge in [-0.3, -0.25) is 4.99 Å². The Morgan fingerprint density at radius 1 is 1.22 bits per heavy atom. The molecule has 0 spiro atoms. The van der Waals surface area contributed by atoms with Gasteiger partial charge in [0, 0.05) is 45.3 Å². The SMILES string of the molecule is CCNC(=NCCCN1CCC(O)CC1)NC1CCN(c2ccccc2OC(F)F)C1.I. The molecule has 7 nitrogen and oxygen atoms in total. The second kappa shape index (κ2) is 14.0. The minimum absolute atomic E-state index is 0. The van der Waals surface area contributed by atoms with E-state index in [1.165, 1.54) is 0 Å². The number of aliphatic hydroxyl groups is 1. The third-order valence-electron chi connectivity index (χ3n) is 5.75. The predicted octanol–water partition coefficient (Wildman–Crippen LogP) is 2.89. The lowest BCUT2D eigenvalue weighted by Crippen LogP contribution is -2.44. The van der Waals surface area contributed by atoms with Crippen molar-refractivity contribution in [3.8, 4) is 5.75 Å². The lowest BCUT2D eigenvalue weighted by molar-refractivity contribution is -0.0495. The standard InChI is InChI=1S/C22H35F2N5O2.HI/c1-2-25-22(26-11-5-12-28-13-9-18(30)10-14-28)27-17-8-15-29(16-17)19-6-3-4-7-20(19)31-21(23)24;/h3-4,6-7,17-18,21,30H,2,5,8-16H2,1H3,(H2,25,26,27);1H. The quantitative estimate of drug-likeness (QED) is 0.185. The molecule has 1 unspecified atom stereocenters. The molecule has 0 bridgehead atoms. The van der Waals surface area contributed by atoms with Crippen molar-refractivity contribution in [2.75, 3.05) is 50.7 Å². The van der Waals surface area contributed by atoms with Crippen molar-refractivity contribution in [3.05, 3.63) is 24.3 Å². The van der Waals surface area contributed by atoms with Gasteiger partial charge in [0.05, 0.1) is 11.8 Å². The Kier molecular flexibility index (Phi) is 11.7. The number of halogens is 3. The summed E-state index contributed by atoms with van der Waals surface area (Å²) in [4.78, 5) is 9.17. The molecular formula is C22H36F2IN5O2. The van der Waals surface area contributed by atoms with Gasteiger partial charge in [0.1, 0.15) is 5.75 Å². The van der Waals surface area contributed by atoms with Gasteiger partial charge in [-0.1, -0.05) is 12.1 Å². The van der Waals surface area contributed by atoms with Crippen LogP contribution in [0.2, 0.25) is 0 Å². The average Bonchev–Trinajstić information content (AvgIpc) is 3.21. The molecule has 2 saturated heterocycles. The van der Waals surface area contributed by atoms with Gasteiger partial charge >= 0.3 is 6.61 Å². The van der Waals surface area contributed by atoms with E-state index in [-0.39, 0.29) is 41.9 Å². The van der Waals surface area contributed by atoms with Crippen LogP contribution in [0.25, 0.3) is 0 Å². The van der Waals surface area contributed by atoms with Crippen LogP contribution in [0.1, 0.15) is 32.6 Å². The predicted molar refractivity (Wildman–Crippen MR) is 135 cm³/mol. The van der Waals surface area contributed by atoms with Crippen molar-refractivity contribution in [1.82, 2.24) is 15.5 Å². The van der Waals surface area contributed by atoms with Crippen molar-refractivity contribution in [3.63, 3.8) is 0 Å². The number of hydrogen-bond acceptors (Lipinski definition) is 5. The van der Waals surface area contributed by atoms with Gasteiger partial charge < -0.3 is 30.3 Å². The lowest BCUT2D eigenvalue weighted by Gasteiger charge is -2.29. The molecule has 2 aliphatic rings. The summed E-state index contributed by atoms with van der Waals surface area (Å²) in [6.45, 7) is 5.08. The molecule has 0 radical (unpaired) electrons. The van der Waals surface area contributed by atoms with Gasteiger partial charge in [-0.2, -0.15) is 8.78 Å². The molecule has 2 heterocycles. The van der Waals surface area contributed by atoms with E-state index in [4.69, 9.17) is 4.99 Å². The fraction of sp³-hybridized carbons (Fsp3) is 0.682. The molecular weight excluding hydrogens is 531 g/mol. The van der Waals surface area contributed by atoms with Crippen molar-refractivity contribution in [2.45, 2.75) is 51.4 Å². The number of guanidine groups is 1. The highest BCUT2D eigenvalue weighted by atomic mass is 127. The molecule has 10 heteroatoms. The van der Waals surface area contributed by atoms with Crippen LogP contribution >= 0.6 is 24.0 Å². The van der Waals surface area contributed by atoms with Gasteiger partial charge in [-0.15, -0.1) is 24.0 Å². The topological polar surface area (TPSA) is 72.4 Å². The van der Waals surface area contributed by atoms with Gasteiger partial charge in [-0.25, -0.2) is 0 Å². The molecule has 0 aromatic heterocycles. The number of benzene rings is 1. The van der Waals surface area contributed by atoms with E-state index in [0.717, 1.165) is 70.9 Å². The lowest BCUT2D eigenvalue weighted by atomic mass is 10.1. The molecule has 182 valence electrons. The second-order valence-electron chi connectivity index (χ2n) is 8.11. The summed E-state index contributed by atoms with van der Waals surface area (Å²) in [7, 11) is 0. The highest BCUT2D eigenvalue weighted by Gasteiger charge is 2.26. The largest absolute Gasteiger partial charge is 0.433 e. The Balaban J connectivity index is 0.00000363. The van der Waals surface area contributed by atoms with Crippen LogP contribution in [-0.2, 0) is 0 Å². The van der Waals surface area contributed by atoms with E-state index in [9.17, 15) is 13.9 Å². The highest BCUT2D eigenvalue weighted by molar-refractivity contribution is 14.0. The first-order chi connectivity index (χ1) is 15.0. The van der Waals surface area contributed by atoms with Crippen LogP contribution < -0.4 is 20.3 Å². The number of anilines is 1. The zero-order valence-electron chi connectivity index (χ0n) is 18.7. The van der Waals surface area contributed by atoms with Crippen LogP contribution in [0.5, 0.6) is 5.75 Å². The first kappa shape index (κ1) is 26.8. The molecule has 0 amide bonds. The number of nitrogens with one attached hydrogen (secondary N) is 2. The number of aliphatic hydroxyl groups excluding tert-OH is 1. The molecule has 3 N–H and O–H groups in total. The minimum atomic E-state index is -2.83. The zero-order valence-corrected chi connectivity index (χ0v) is 21.0. The number of piperidine rings is 1.